The lowest BCUT2D eigenvalue weighted by atomic mass is 9.85. The predicted octanol–water partition coefficient (Wildman–Crippen LogP) is 2.15. The Kier molecular flexibility index (Phi) is 5.86. The third-order valence-electron chi connectivity index (χ3n) is 5.42. The molecule has 0 bridgehead atoms. The first-order chi connectivity index (χ1) is 12.8. The summed E-state index contributed by atoms with van der Waals surface area (Å²) < 4.78 is 5.33. The highest BCUT2D eigenvalue weighted by Gasteiger charge is 2.56. The molecule has 6 heteroatoms. The number of hydrogen-bond acceptors (Lipinski definition) is 4. The van der Waals surface area contributed by atoms with Crippen LogP contribution in [0.4, 0.5) is 5.69 Å². The van der Waals surface area contributed by atoms with Crippen molar-refractivity contribution in [3.8, 4) is 0 Å². The van der Waals surface area contributed by atoms with E-state index in [-0.39, 0.29) is 17.2 Å². The maximum Gasteiger partial charge on any atom is 0.240 e. The quantitative estimate of drug-likeness (QED) is 0.750. The maximum absolute atomic E-state index is 12.9. The molecule has 1 saturated heterocycles. The Bertz CT molecular complexity index is 686. The molecule has 0 unspecified atom stereocenters. The average Bonchev–Trinajstić information content (AvgIpc) is 3.44. The second-order valence-electron chi connectivity index (χ2n) is 8.54. The third kappa shape index (κ3) is 4.68. The van der Waals surface area contributed by atoms with Crippen molar-refractivity contribution in [1.82, 2.24) is 10.2 Å². The molecule has 27 heavy (non-hydrogen) atoms. The van der Waals surface area contributed by atoms with Crippen molar-refractivity contribution in [1.29, 1.82) is 0 Å². The maximum atomic E-state index is 12.9. The number of carbonyl (C=O) groups excluding carboxylic acids is 2. The number of para-hydroxylation sites is 1. The van der Waals surface area contributed by atoms with Gasteiger partial charge in [0.1, 0.15) is 5.41 Å². The molecule has 2 N–H and O–H groups in total. The Morgan fingerprint density at radius 1 is 1.11 bits per heavy atom. The minimum atomic E-state index is -0.907. The summed E-state index contributed by atoms with van der Waals surface area (Å²) in [6, 6.07) is 7.82. The monoisotopic (exact) mass is 373 g/mol. The van der Waals surface area contributed by atoms with Crippen molar-refractivity contribution in [2.24, 2.45) is 5.41 Å². The summed E-state index contributed by atoms with van der Waals surface area (Å²) in [4.78, 5) is 27.8. The number of amides is 2. The molecule has 0 spiro atoms. The molecular weight excluding hydrogens is 342 g/mol. The van der Waals surface area contributed by atoms with Gasteiger partial charge in [-0.15, -0.1) is 0 Å². The fraction of sp³-hybridized carbons (Fsp3) is 0.619. The van der Waals surface area contributed by atoms with Crippen molar-refractivity contribution in [2.75, 3.05) is 44.7 Å². The zero-order valence-electron chi connectivity index (χ0n) is 16.6. The van der Waals surface area contributed by atoms with Crippen molar-refractivity contribution in [2.45, 2.75) is 39.0 Å². The number of hydrogen-bond donors (Lipinski definition) is 2. The van der Waals surface area contributed by atoms with Crippen LogP contribution in [0.25, 0.3) is 0 Å². The van der Waals surface area contributed by atoms with Gasteiger partial charge in [-0.05, 0) is 29.9 Å². The molecule has 148 valence electrons. The lowest BCUT2D eigenvalue weighted by molar-refractivity contribution is -0.134. The van der Waals surface area contributed by atoms with E-state index >= 15 is 0 Å². The largest absolute Gasteiger partial charge is 0.379 e. The van der Waals surface area contributed by atoms with Crippen molar-refractivity contribution in [3.63, 3.8) is 0 Å². The van der Waals surface area contributed by atoms with Crippen molar-refractivity contribution < 1.29 is 14.3 Å². The molecular formula is C21H31N3O3. The van der Waals surface area contributed by atoms with E-state index in [0.29, 0.717) is 19.4 Å². The Morgan fingerprint density at radius 3 is 2.41 bits per heavy atom. The standard InChI is InChI=1S/C21H31N3O3/c1-20(2,3)16-6-4-5-7-17(16)23-19(26)21(8-9-21)18(25)22-10-11-24-12-14-27-15-13-24/h4-7H,8-15H2,1-3H3,(H,22,25)(H,23,26). The van der Waals surface area contributed by atoms with E-state index in [4.69, 9.17) is 4.74 Å². The van der Waals surface area contributed by atoms with Crippen molar-refractivity contribution >= 4 is 17.5 Å². The summed E-state index contributed by atoms with van der Waals surface area (Å²) in [7, 11) is 0. The van der Waals surface area contributed by atoms with Crippen LogP contribution in [0.2, 0.25) is 0 Å². The first-order valence-corrected chi connectivity index (χ1v) is 9.82. The van der Waals surface area contributed by atoms with E-state index in [1.54, 1.807) is 0 Å². The first-order valence-electron chi connectivity index (χ1n) is 9.82. The van der Waals surface area contributed by atoms with Crippen LogP contribution in [0.3, 0.4) is 0 Å². The molecule has 1 aliphatic carbocycles. The van der Waals surface area contributed by atoms with Crippen LogP contribution in [0, 0.1) is 5.41 Å². The molecule has 1 aliphatic heterocycles. The topological polar surface area (TPSA) is 70.7 Å². The highest BCUT2D eigenvalue weighted by atomic mass is 16.5. The van der Waals surface area contributed by atoms with E-state index in [1.165, 1.54) is 0 Å². The number of rotatable bonds is 6. The van der Waals surface area contributed by atoms with Gasteiger partial charge in [-0.25, -0.2) is 0 Å². The molecule has 0 atom stereocenters. The van der Waals surface area contributed by atoms with E-state index in [1.807, 2.05) is 24.3 Å². The second kappa shape index (κ2) is 7.98. The molecule has 2 aliphatic rings. The molecule has 1 aromatic rings. The smallest absolute Gasteiger partial charge is 0.240 e. The SMILES string of the molecule is CC(C)(C)c1ccccc1NC(=O)C1(C(=O)NCCN2CCOCC2)CC1. The number of anilines is 1. The van der Waals surface area contributed by atoms with Crippen LogP contribution in [0.15, 0.2) is 24.3 Å². The predicted molar refractivity (Wildman–Crippen MR) is 106 cm³/mol. The van der Waals surface area contributed by atoms with Crippen LogP contribution in [-0.4, -0.2) is 56.1 Å². The van der Waals surface area contributed by atoms with Crippen LogP contribution in [0.5, 0.6) is 0 Å². The molecule has 3 rings (SSSR count). The minimum Gasteiger partial charge on any atom is -0.379 e. The fourth-order valence-electron chi connectivity index (χ4n) is 3.49. The van der Waals surface area contributed by atoms with E-state index in [9.17, 15) is 9.59 Å². The lowest BCUT2D eigenvalue weighted by Gasteiger charge is -2.27. The fourth-order valence-corrected chi connectivity index (χ4v) is 3.49. The van der Waals surface area contributed by atoms with Gasteiger partial charge in [0.15, 0.2) is 0 Å². The number of ether oxygens (including phenoxy) is 1. The highest BCUT2D eigenvalue weighted by Crippen LogP contribution is 2.47. The van der Waals surface area contributed by atoms with Crippen LogP contribution < -0.4 is 10.6 Å². The normalized spacial score (nSPS) is 19.4. The summed E-state index contributed by atoms with van der Waals surface area (Å²) in [6.45, 7) is 11.0. The summed E-state index contributed by atoms with van der Waals surface area (Å²) in [6.07, 6.45) is 1.22. The Balaban J connectivity index is 1.57. The van der Waals surface area contributed by atoms with Gasteiger partial charge in [-0.3, -0.25) is 14.5 Å². The number of morpholine rings is 1. The zero-order valence-corrected chi connectivity index (χ0v) is 16.6. The minimum absolute atomic E-state index is 0.0823. The third-order valence-corrected chi connectivity index (χ3v) is 5.42. The van der Waals surface area contributed by atoms with E-state index in [2.05, 4.69) is 36.3 Å². The van der Waals surface area contributed by atoms with Gasteiger partial charge in [0.05, 0.1) is 13.2 Å². The second-order valence-corrected chi connectivity index (χ2v) is 8.54. The zero-order chi connectivity index (χ0) is 19.5. The van der Waals surface area contributed by atoms with Gasteiger partial charge in [0.2, 0.25) is 11.8 Å². The average molecular weight is 373 g/mol. The molecule has 2 amide bonds. The number of nitrogens with zero attached hydrogens (tertiary/aromatic N) is 1. The summed E-state index contributed by atoms with van der Waals surface area (Å²) >= 11 is 0. The molecule has 0 radical (unpaired) electrons. The molecule has 1 heterocycles. The Morgan fingerprint density at radius 2 is 1.78 bits per heavy atom. The Labute approximate surface area is 161 Å². The summed E-state index contributed by atoms with van der Waals surface area (Å²) in [5, 5.41) is 5.98. The molecule has 0 aromatic heterocycles. The van der Waals surface area contributed by atoms with Crippen LogP contribution in [0.1, 0.15) is 39.2 Å². The van der Waals surface area contributed by atoms with Gasteiger partial charge >= 0.3 is 0 Å². The first kappa shape index (κ1) is 19.8. The van der Waals surface area contributed by atoms with Gasteiger partial charge in [0.25, 0.3) is 0 Å². The molecule has 1 saturated carbocycles. The number of nitrogens with one attached hydrogen (secondary N) is 2. The van der Waals surface area contributed by atoms with Crippen LogP contribution >= 0.6 is 0 Å². The highest BCUT2D eigenvalue weighted by molar-refractivity contribution is 6.13. The molecule has 6 nitrogen and oxygen atoms in total. The van der Waals surface area contributed by atoms with E-state index in [0.717, 1.165) is 44.1 Å². The van der Waals surface area contributed by atoms with E-state index < -0.39 is 5.41 Å². The number of carbonyl (C=O) groups is 2. The molecule has 1 aromatic carbocycles. The van der Waals surface area contributed by atoms with Gasteiger partial charge in [-0.1, -0.05) is 39.0 Å². The number of benzene rings is 1. The summed E-state index contributed by atoms with van der Waals surface area (Å²) in [5.41, 5.74) is 0.876. The summed E-state index contributed by atoms with van der Waals surface area (Å²) in [5.74, 6) is -0.343. The Hall–Kier alpha value is -1.92. The van der Waals surface area contributed by atoms with Gasteiger partial charge in [-0.2, -0.15) is 0 Å². The van der Waals surface area contributed by atoms with Crippen molar-refractivity contribution in [3.05, 3.63) is 29.8 Å². The van der Waals surface area contributed by atoms with Crippen LogP contribution in [-0.2, 0) is 19.7 Å². The molecule has 2 fully saturated rings. The lowest BCUT2D eigenvalue weighted by Crippen LogP contribution is -2.45. The van der Waals surface area contributed by atoms with Gasteiger partial charge < -0.3 is 15.4 Å². The van der Waals surface area contributed by atoms with Gasteiger partial charge in [0, 0.05) is 31.9 Å².